The minimum absolute atomic E-state index is 0.170. The van der Waals surface area contributed by atoms with Crippen molar-refractivity contribution in [2.45, 2.75) is 0 Å². The molecule has 0 aliphatic rings. The Bertz CT molecular complexity index is 602. The Morgan fingerprint density at radius 2 is 2.25 bits per heavy atom. The summed E-state index contributed by atoms with van der Waals surface area (Å²) in [6.45, 7) is 0. The zero-order valence-electron chi connectivity index (χ0n) is 7.93. The van der Waals surface area contributed by atoms with E-state index >= 15 is 0 Å². The first kappa shape index (κ1) is 10.4. The molecule has 16 heavy (non-hydrogen) atoms. The lowest BCUT2D eigenvalue weighted by molar-refractivity contribution is 0.111. The van der Waals surface area contributed by atoms with Gasteiger partial charge < -0.3 is 15.8 Å². The van der Waals surface area contributed by atoms with Crippen molar-refractivity contribution >= 4 is 23.3 Å². The van der Waals surface area contributed by atoms with Gasteiger partial charge in [0, 0.05) is 10.8 Å². The molecule has 4 N–H and O–H groups in total. The number of carbonyl (C=O) groups is 1. The maximum absolute atomic E-state index is 11.3. The molecular formula is C9H7N3O3S. The molecule has 2 aromatic rings. The number of aromatic hydroxyl groups is 1. The number of thiophene rings is 1. The number of carbonyl (C=O) groups excluding carboxylic acids is 1. The highest BCUT2D eigenvalue weighted by molar-refractivity contribution is 7.08. The smallest absolute Gasteiger partial charge is 0.294 e. The molecule has 0 aliphatic heterocycles. The summed E-state index contributed by atoms with van der Waals surface area (Å²) in [7, 11) is 0. The normalized spacial score (nSPS) is 10.2. The van der Waals surface area contributed by atoms with Gasteiger partial charge in [-0.2, -0.15) is 0 Å². The second-order valence-corrected chi connectivity index (χ2v) is 3.75. The van der Waals surface area contributed by atoms with Crippen LogP contribution in [0.1, 0.15) is 10.5 Å². The van der Waals surface area contributed by atoms with Crippen LogP contribution in [0.4, 0.5) is 5.69 Å². The maximum atomic E-state index is 11.3. The summed E-state index contributed by atoms with van der Waals surface area (Å²) in [4.78, 5) is 28.0. The topological polar surface area (TPSA) is 109 Å². The van der Waals surface area contributed by atoms with Crippen molar-refractivity contribution < 1.29 is 9.90 Å². The molecule has 0 unspecified atom stereocenters. The van der Waals surface area contributed by atoms with Crippen LogP contribution in [0.5, 0.6) is 5.75 Å². The van der Waals surface area contributed by atoms with Crippen molar-refractivity contribution in [1.29, 1.82) is 0 Å². The van der Waals surface area contributed by atoms with Gasteiger partial charge in [0.25, 0.3) is 5.56 Å². The fourth-order valence-corrected chi connectivity index (χ4v) is 1.92. The molecule has 0 saturated heterocycles. The van der Waals surface area contributed by atoms with Crippen molar-refractivity contribution in [2.24, 2.45) is 0 Å². The zero-order valence-corrected chi connectivity index (χ0v) is 8.75. The molecule has 6 nitrogen and oxygen atoms in total. The second kappa shape index (κ2) is 3.78. The highest BCUT2D eigenvalue weighted by atomic mass is 32.1. The molecule has 0 saturated carbocycles. The zero-order chi connectivity index (χ0) is 11.7. The van der Waals surface area contributed by atoms with Gasteiger partial charge in [0.15, 0.2) is 12.0 Å². The number of nitrogens with one attached hydrogen (secondary N) is 1. The number of nitrogen functional groups attached to an aromatic ring is 1. The molecule has 0 aromatic carbocycles. The standard InChI is InChI=1S/C9H7N3O3S/c10-5-3-16-2-4(5)8-11-6(1-13)7(14)9(15)12-8/h1-3,14H,10H2,(H,11,12,15). The number of hydrogen-bond donors (Lipinski definition) is 3. The van der Waals surface area contributed by atoms with Crippen LogP contribution >= 0.6 is 11.3 Å². The summed E-state index contributed by atoms with van der Waals surface area (Å²) >= 11 is 1.35. The number of nitrogens with zero attached hydrogens (tertiary/aromatic N) is 1. The van der Waals surface area contributed by atoms with Gasteiger partial charge in [0.1, 0.15) is 5.82 Å². The van der Waals surface area contributed by atoms with Crippen molar-refractivity contribution in [1.82, 2.24) is 9.97 Å². The number of aromatic amines is 1. The van der Waals surface area contributed by atoms with E-state index in [1.54, 1.807) is 10.8 Å². The molecule has 0 spiro atoms. The van der Waals surface area contributed by atoms with Crippen LogP contribution in [0.3, 0.4) is 0 Å². The first-order valence-corrected chi connectivity index (χ1v) is 5.18. The van der Waals surface area contributed by atoms with Crippen molar-refractivity contribution in [3.05, 3.63) is 26.8 Å². The van der Waals surface area contributed by atoms with Crippen molar-refractivity contribution in [3.63, 3.8) is 0 Å². The molecule has 0 atom stereocenters. The van der Waals surface area contributed by atoms with Gasteiger partial charge in [-0.25, -0.2) is 4.98 Å². The third-order valence-electron chi connectivity index (χ3n) is 1.98. The third-order valence-corrected chi connectivity index (χ3v) is 2.74. The third kappa shape index (κ3) is 1.57. The molecular weight excluding hydrogens is 230 g/mol. The number of nitrogens with two attached hydrogens (primary N) is 1. The Morgan fingerprint density at radius 3 is 2.81 bits per heavy atom. The van der Waals surface area contributed by atoms with Crippen molar-refractivity contribution in [3.8, 4) is 17.1 Å². The van der Waals surface area contributed by atoms with Crippen LogP contribution in [0, 0.1) is 0 Å². The SMILES string of the molecule is Nc1cscc1-c1nc(C=O)c(O)c(=O)[nH]1. The van der Waals surface area contributed by atoms with E-state index in [9.17, 15) is 14.7 Å². The summed E-state index contributed by atoms with van der Waals surface area (Å²) in [6, 6.07) is 0. The highest BCUT2D eigenvalue weighted by Crippen LogP contribution is 2.26. The number of aromatic nitrogens is 2. The molecule has 0 radical (unpaired) electrons. The molecule has 0 fully saturated rings. The van der Waals surface area contributed by atoms with Crippen LogP contribution in [0.2, 0.25) is 0 Å². The lowest BCUT2D eigenvalue weighted by Gasteiger charge is -2.01. The number of aldehydes is 1. The van der Waals surface area contributed by atoms with Gasteiger partial charge in [-0.05, 0) is 0 Å². The molecule has 2 aromatic heterocycles. The first-order valence-electron chi connectivity index (χ1n) is 4.24. The fraction of sp³-hybridized carbons (Fsp3) is 0. The molecule has 7 heteroatoms. The van der Waals surface area contributed by atoms with E-state index in [-0.39, 0.29) is 11.5 Å². The van der Waals surface area contributed by atoms with E-state index in [2.05, 4.69) is 9.97 Å². The monoisotopic (exact) mass is 237 g/mol. The summed E-state index contributed by atoms with van der Waals surface area (Å²) in [5.74, 6) is -0.517. The number of anilines is 1. The van der Waals surface area contributed by atoms with Gasteiger partial charge in [-0.3, -0.25) is 9.59 Å². The predicted octanol–water partition coefficient (Wildman–Crippen LogP) is 0.599. The number of H-pyrrole nitrogens is 1. The molecule has 0 amide bonds. The summed E-state index contributed by atoms with van der Waals surface area (Å²) in [5, 5.41) is 12.6. The predicted molar refractivity (Wildman–Crippen MR) is 59.6 cm³/mol. The van der Waals surface area contributed by atoms with Gasteiger partial charge in [-0.15, -0.1) is 11.3 Å². The molecule has 2 rings (SSSR count). The average molecular weight is 237 g/mol. The summed E-state index contributed by atoms with van der Waals surface area (Å²) in [6.07, 6.45) is 0.316. The Morgan fingerprint density at radius 1 is 1.50 bits per heavy atom. The largest absolute Gasteiger partial charge is 0.501 e. The molecule has 2 heterocycles. The van der Waals surface area contributed by atoms with Crippen LogP contribution < -0.4 is 11.3 Å². The minimum atomic E-state index is -0.766. The fourth-order valence-electron chi connectivity index (χ4n) is 1.19. The Labute approximate surface area is 93.4 Å². The van der Waals surface area contributed by atoms with Crippen LogP contribution in [-0.4, -0.2) is 21.4 Å². The minimum Gasteiger partial charge on any atom is -0.501 e. The van der Waals surface area contributed by atoms with E-state index in [0.29, 0.717) is 17.5 Å². The van der Waals surface area contributed by atoms with Gasteiger partial charge >= 0.3 is 0 Å². The van der Waals surface area contributed by atoms with Crippen LogP contribution in [0.25, 0.3) is 11.4 Å². The van der Waals surface area contributed by atoms with Crippen LogP contribution in [-0.2, 0) is 0 Å². The van der Waals surface area contributed by atoms with E-state index in [4.69, 9.17) is 5.73 Å². The lowest BCUT2D eigenvalue weighted by Crippen LogP contribution is -2.11. The maximum Gasteiger partial charge on any atom is 0.294 e. The molecule has 0 aliphatic carbocycles. The Kier molecular flexibility index (Phi) is 2.45. The Hall–Kier alpha value is -2.15. The Balaban J connectivity index is 2.68. The molecule has 82 valence electrons. The van der Waals surface area contributed by atoms with E-state index < -0.39 is 11.3 Å². The first-order chi connectivity index (χ1) is 7.63. The van der Waals surface area contributed by atoms with Crippen molar-refractivity contribution in [2.75, 3.05) is 5.73 Å². The van der Waals surface area contributed by atoms with Gasteiger partial charge in [-0.1, -0.05) is 0 Å². The molecule has 0 bridgehead atoms. The quantitative estimate of drug-likeness (QED) is 0.662. The lowest BCUT2D eigenvalue weighted by atomic mass is 10.2. The highest BCUT2D eigenvalue weighted by Gasteiger charge is 2.12. The van der Waals surface area contributed by atoms with Gasteiger partial charge in [0.05, 0.1) is 11.3 Å². The van der Waals surface area contributed by atoms with E-state index in [0.717, 1.165) is 0 Å². The van der Waals surface area contributed by atoms with Gasteiger partial charge in [0.2, 0.25) is 5.75 Å². The van der Waals surface area contributed by atoms with E-state index in [1.165, 1.54) is 11.3 Å². The summed E-state index contributed by atoms with van der Waals surface area (Å²) in [5.41, 5.74) is 5.57. The average Bonchev–Trinajstić information content (AvgIpc) is 2.68. The number of hydrogen-bond acceptors (Lipinski definition) is 6. The summed E-state index contributed by atoms with van der Waals surface area (Å²) < 4.78 is 0. The van der Waals surface area contributed by atoms with E-state index in [1.807, 2.05) is 0 Å². The number of rotatable bonds is 2. The van der Waals surface area contributed by atoms with Crippen LogP contribution in [0.15, 0.2) is 15.6 Å². The second-order valence-electron chi connectivity index (χ2n) is 3.01.